The van der Waals surface area contributed by atoms with Gasteiger partial charge in [0.15, 0.2) is 0 Å². The summed E-state index contributed by atoms with van der Waals surface area (Å²) >= 11 is 3.38. The van der Waals surface area contributed by atoms with E-state index in [1.54, 1.807) is 0 Å². The van der Waals surface area contributed by atoms with Crippen LogP contribution in [0.4, 0.5) is 5.69 Å². The van der Waals surface area contributed by atoms with Gasteiger partial charge in [-0.1, -0.05) is 22.9 Å². The van der Waals surface area contributed by atoms with Crippen LogP contribution in [-0.4, -0.2) is 19.3 Å². The summed E-state index contributed by atoms with van der Waals surface area (Å²) in [6, 6.07) is 7.95. The number of hydrogen-bond donors (Lipinski definition) is 1. The molecule has 2 rings (SSSR count). The van der Waals surface area contributed by atoms with Crippen LogP contribution >= 0.6 is 15.9 Å². The summed E-state index contributed by atoms with van der Waals surface area (Å²) in [5.74, 6) is 0.546. The highest BCUT2D eigenvalue weighted by molar-refractivity contribution is 9.10. The highest BCUT2D eigenvalue weighted by Crippen LogP contribution is 2.25. The molecule has 1 N–H and O–H groups in total. The van der Waals surface area contributed by atoms with E-state index in [0.29, 0.717) is 17.6 Å². The van der Waals surface area contributed by atoms with E-state index in [1.807, 2.05) is 18.2 Å². The van der Waals surface area contributed by atoms with Gasteiger partial charge in [-0.3, -0.25) is 0 Å². The monoisotopic (exact) mass is 308 g/mol. The van der Waals surface area contributed by atoms with Gasteiger partial charge in [-0.15, -0.1) is 0 Å². The van der Waals surface area contributed by atoms with Gasteiger partial charge in [0, 0.05) is 23.5 Å². The van der Waals surface area contributed by atoms with E-state index in [9.17, 15) is 0 Å². The number of ether oxygens (including phenoxy) is 1. The molecule has 2 unspecified atom stereocenters. The number of anilines is 1. The maximum Gasteiger partial charge on any atom is 0.101 e. The molecule has 1 aromatic rings. The van der Waals surface area contributed by atoms with Crippen LogP contribution < -0.4 is 5.32 Å². The van der Waals surface area contributed by atoms with E-state index in [-0.39, 0.29) is 0 Å². The minimum Gasteiger partial charge on any atom is -0.384 e. The van der Waals surface area contributed by atoms with Crippen molar-refractivity contribution in [3.63, 3.8) is 0 Å². The molecular formula is C14H17BrN2O. The predicted octanol–water partition coefficient (Wildman–Crippen LogP) is 3.55. The first-order valence-electron chi connectivity index (χ1n) is 6.29. The molecule has 1 aliphatic rings. The molecule has 0 saturated carbocycles. The Bertz CT molecular complexity index is 456. The zero-order valence-corrected chi connectivity index (χ0v) is 12.0. The maximum absolute atomic E-state index is 9.10. The average Bonchev–Trinajstić information content (AvgIpc) is 2.84. The largest absolute Gasteiger partial charge is 0.384 e. The van der Waals surface area contributed by atoms with Crippen LogP contribution in [0, 0.1) is 17.2 Å². The molecule has 1 aromatic carbocycles. The lowest BCUT2D eigenvalue weighted by atomic mass is 9.99. The summed E-state index contributed by atoms with van der Waals surface area (Å²) in [5, 5.41) is 12.5. The van der Waals surface area contributed by atoms with Gasteiger partial charge in [0.05, 0.1) is 17.4 Å². The fraction of sp³-hybridized carbons (Fsp3) is 0.500. The zero-order chi connectivity index (χ0) is 13.0. The van der Waals surface area contributed by atoms with E-state index in [1.165, 1.54) is 0 Å². The van der Waals surface area contributed by atoms with Crippen molar-refractivity contribution in [3.05, 3.63) is 28.2 Å². The van der Waals surface area contributed by atoms with E-state index < -0.39 is 0 Å². The Morgan fingerprint density at radius 2 is 2.39 bits per heavy atom. The second-order valence-electron chi connectivity index (χ2n) is 4.55. The van der Waals surface area contributed by atoms with Crippen LogP contribution in [0.5, 0.6) is 0 Å². The van der Waals surface area contributed by atoms with Crippen molar-refractivity contribution in [2.75, 3.05) is 18.5 Å². The van der Waals surface area contributed by atoms with Gasteiger partial charge in [-0.2, -0.15) is 5.26 Å². The van der Waals surface area contributed by atoms with E-state index >= 15 is 0 Å². The molecule has 0 aliphatic carbocycles. The highest BCUT2D eigenvalue weighted by Gasteiger charge is 2.26. The Balaban J connectivity index is 2.00. The summed E-state index contributed by atoms with van der Waals surface area (Å²) in [7, 11) is 0. The molecule has 0 radical (unpaired) electrons. The number of hydrogen-bond acceptors (Lipinski definition) is 3. The van der Waals surface area contributed by atoms with Crippen LogP contribution in [-0.2, 0) is 4.74 Å². The average molecular weight is 309 g/mol. The van der Waals surface area contributed by atoms with Crippen LogP contribution in [0.1, 0.15) is 25.3 Å². The van der Waals surface area contributed by atoms with Crippen molar-refractivity contribution in [1.82, 2.24) is 0 Å². The van der Waals surface area contributed by atoms with Gasteiger partial charge in [0.1, 0.15) is 6.07 Å². The number of benzene rings is 1. The normalized spacial score (nSPS) is 22.7. The van der Waals surface area contributed by atoms with Crippen LogP contribution in [0.25, 0.3) is 0 Å². The fourth-order valence-electron chi connectivity index (χ4n) is 2.38. The van der Waals surface area contributed by atoms with Crippen LogP contribution in [0.15, 0.2) is 22.7 Å². The number of rotatable bonds is 4. The Labute approximate surface area is 116 Å². The van der Waals surface area contributed by atoms with E-state index in [4.69, 9.17) is 10.00 Å². The molecule has 1 saturated heterocycles. The summed E-state index contributed by atoms with van der Waals surface area (Å²) in [6.07, 6.45) is 2.51. The van der Waals surface area contributed by atoms with Gasteiger partial charge in [0.25, 0.3) is 0 Å². The molecule has 1 aliphatic heterocycles. The van der Waals surface area contributed by atoms with Gasteiger partial charge < -0.3 is 10.1 Å². The minimum atomic E-state index is 0.360. The molecular weight excluding hydrogens is 292 g/mol. The first-order chi connectivity index (χ1) is 8.74. The lowest BCUT2D eigenvalue weighted by molar-refractivity contribution is 0.0900. The number of nitrogens with one attached hydrogen (secondary N) is 1. The van der Waals surface area contributed by atoms with E-state index in [0.717, 1.165) is 36.2 Å². The molecule has 0 aromatic heterocycles. The number of nitrogens with zero attached hydrogens (tertiary/aromatic N) is 1. The Morgan fingerprint density at radius 3 is 3.11 bits per heavy atom. The second kappa shape index (κ2) is 6.21. The highest BCUT2D eigenvalue weighted by atomic mass is 79.9. The van der Waals surface area contributed by atoms with Gasteiger partial charge in [-0.25, -0.2) is 0 Å². The number of halogens is 1. The minimum absolute atomic E-state index is 0.360. The zero-order valence-electron chi connectivity index (χ0n) is 10.4. The molecule has 96 valence electrons. The molecule has 0 amide bonds. The van der Waals surface area contributed by atoms with E-state index in [2.05, 4.69) is 34.2 Å². The Hall–Kier alpha value is -1.05. The van der Waals surface area contributed by atoms with Crippen molar-refractivity contribution >= 4 is 21.6 Å². The molecule has 0 bridgehead atoms. The van der Waals surface area contributed by atoms with Gasteiger partial charge in [0.2, 0.25) is 0 Å². The first-order valence-corrected chi connectivity index (χ1v) is 7.09. The van der Waals surface area contributed by atoms with Crippen LogP contribution in [0.3, 0.4) is 0 Å². The predicted molar refractivity (Wildman–Crippen MR) is 75.5 cm³/mol. The summed E-state index contributed by atoms with van der Waals surface area (Å²) in [6.45, 7) is 3.88. The molecule has 1 heterocycles. The van der Waals surface area contributed by atoms with Gasteiger partial charge in [-0.05, 0) is 31.0 Å². The lowest BCUT2D eigenvalue weighted by Crippen LogP contribution is -2.23. The quantitative estimate of drug-likeness (QED) is 0.925. The number of nitriles is 1. The maximum atomic E-state index is 9.10. The molecule has 2 atom stereocenters. The van der Waals surface area contributed by atoms with Crippen LogP contribution in [0.2, 0.25) is 0 Å². The third-order valence-electron chi connectivity index (χ3n) is 3.41. The topological polar surface area (TPSA) is 45.0 Å². The smallest absolute Gasteiger partial charge is 0.101 e. The Kier molecular flexibility index (Phi) is 4.62. The van der Waals surface area contributed by atoms with Crippen molar-refractivity contribution in [1.29, 1.82) is 5.26 Å². The summed E-state index contributed by atoms with van der Waals surface area (Å²) in [5.41, 5.74) is 1.58. The third kappa shape index (κ3) is 3.04. The summed E-state index contributed by atoms with van der Waals surface area (Å²) < 4.78 is 6.60. The molecule has 18 heavy (non-hydrogen) atoms. The standard InChI is InChI=1S/C14H17BrN2O/c1-2-14-10(5-6-18-14)9-17-13-4-3-12(15)7-11(13)8-16/h3-4,7,10,14,17H,2,5-6,9H2,1H3. The SMILES string of the molecule is CCC1OCCC1CNc1ccc(Br)cc1C#N. The van der Waals surface area contributed by atoms with Crippen molar-refractivity contribution in [2.45, 2.75) is 25.9 Å². The van der Waals surface area contributed by atoms with Crippen molar-refractivity contribution in [3.8, 4) is 6.07 Å². The van der Waals surface area contributed by atoms with Crippen molar-refractivity contribution < 1.29 is 4.74 Å². The van der Waals surface area contributed by atoms with Crippen molar-refractivity contribution in [2.24, 2.45) is 5.92 Å². The molecule has 4 heteroatoms. The second-order valence-corrected chi connectivity index (χ2v) is 5.46. The molecule has 3 nitrogen and oxygen atoms in total. The fourth-order valence-corrected chi connectivity index (χ4v) is 2.74. The first kappa shape index (κ1) is 13.4. The molecule has 1 fully saturated rings. The third-order valence-corrected chi connectivity index (χ3v) is 3.90. The Morgan fingerprint density at radius 1 is 1.56 bits per heavy atom. The summed E-state index contributed by atoms with van der Waals surface area (Å²) in [4.78, 5) is 0. The lowest BCUT2D eigenvalue weighted by Gasteiger charge is -2.18. The molecule has 0 spiro atoms. The van der Waals surface area contributed by atoms with Gasteiger partial charge >= 0.3 is 0 Å².